The fourth-order valence-corrected chi connectivity index (χ4v) is 2.27. The van der Waals surface area contributed by atoms with Gasteiger partial charge in [-0.1, -0.05) is 17.7 Å². The minimum absolute atomic E-state index is 0.105. The standard InChI is InChI=1S/C15H14ClN3O2/c16-11-2-1-3-12(8-11)17-14(20)9-19-15(21)7-6-13(18-19)10-4-5-10/h1-3,6-8,10H,4-5,9H2,(H,17,20). The van der Waals surface area contributed by atoms with Crippen molar-refractivity contribution in [3.63, 3.8) is 0 Å². The molecule has 1 aliphatic carbocycles. The summed E-state index contributed by atoms with van der Waals surface area (Å²) in [5.41, 5.74) is 1.20. The first-order valence-electron chi connectivity index (χ1n) is 6.75. The van der Waals surface area contributed by atoms with E-state index < -0.39 is 0 Å². The predicted molar refractivity (Wildman–Crippen MR) is 80.6 cm³/mol. The number of amides is 1. The second-order valence-electron chi connectivity index (χ2n) is 5.09. The maximum atomic E-state index is 12.0. The highest BCUT2D eigenvalue weighted by atomic mass is 35.5. The number of anilines is 1. The molecule has 1 fully saturated rings. The molecule has 1 aromatic carbocycles. The summed E-state index contributed by atoms with van der Waals surface area (Å²) in [6.07, 6.45) is 2.19. The van der Waals surface area contributed by atoms with E-state index in [9.17, 15) is 9.59 Å². The van der Waals surface area contributed by atoms with Gasteiger partial charge in [-0.05, 0) is 37.1 Å². The summed E-state index contributed by atoms with van der Waals surface area (Å²) < 4.78 is 1.20. The molecular formula is C15H14ClN3O2. The quantitative estimate of drug-likeness (QED) is 0.943. The zero-order chi connectivity index (χ0) is 14.8. The third kappa shape index (κ3) is 3.49. The van der Waals surface area contributed by atoms with Gasteiger partial charge in [0.05, 0.1) is 5.69 Å². The monoisotopic (exact) mass is 303 g/mol. The van der Waals surface area contributed by atoms with Crippen molar-refractivity contribution >= 4 is 23.2 Å². The molecule has 5 nitrogen and oxygen atoms in total. The summed E-state index contributed by atoms with van der Waals surface area (Å²) in [5, 5.41) is 7.49. The summed E-state index contributed by atoms with van der Waals surface area (Å²) >= 11 is 5.86. The average molecular weight is 304 g/mol. The number of carbonyl (C=O) groups excluding carboxylic acids is 1. The van der Waals surface area contributed by atoms with Crippen LogP contribution in [0.2, 0.25) is 5.02 Å². The van der Waals surface area contributed by atoms with Gasteiger partial charge in [-0.3, -0.25) is 9.59 Å². The molecule has 2 aromatic rings. The van der Waals surface area contributed by atoms with Gasteiger partial charge in [-0.2, -0.15) is 5.10 Å². The van der Waals surface area contributed by atoms with Crippen molar-refractivity contribution in [1.29, 1.82) is 0 Å². The number of carbonyl (C=O) groups is 1. The number of halogens is 1. The first-order chi connectivity index (χ1) is 10.1. The van der Waals surface area contributed by atoms with Crippen molar-refractivity contribution in [1.82, 2.24) is 9.78 Å². The molecule has 0 spiro atoms. The van der Waals surface area contributed by atoms with Crippen molar-refractivity contribution in [2.24, 2.45) is 0 Å². The number of aromatic nitrogens is 2. The minimum Gasteiger partial charge on any atom is -0.324 e. The Morgan fingerprint density at radius 3 is 2.86 bits per heavy atom. The molecule has 0 aliphatic heterocycles. The second kappa shape index (κ2) is 5.69. The zero-order valence-corrected chi connectivity index (χ0v) is 12.0. The maximum absolute atomic E-state index is 12.0. The molecule has 1 aromatic heterocycles. The summed E-state index contributed by atoms with van der Waals surface area (Å²) in [4.78, 5) is 23.7. The topological polar surface area (TPSA) is 64.0 Å². The fourth-order valence-electron chi connectivity index (χ4n) is 2.08. The largest absolute Gasteiger partial charge is 0.324 e. The van der Waals surface area contributed by atoms with Crippen LogP contribution in [0.5, 0.6) is 0 Å². The van der Waals surface area contributed by atoms with Crippen LogP contribution in [0, 0.1) is 0 Å². The van der Waals surface area contributed by atoms with Crippen LogP contribution in [0.3, 0.4) is 0 Å². The lowest BCUT2D eigenvalue weighted by Crippen LogP contribution is -2.29. The molecule has 0 atom stereocenters. The number of hydrogen-bond acceptors (Lipinski definition) is 3. The summed E-state index contributed by atoms with van der Waals surface area (Å²) in [7, 11) is 0. The van der Waals surface area contributed by atoms with Gasteiger partial charge < -0.3 is 5.32 Å². The van der Waals surface area contributed by atoms with Crippen LogP contribution in [0.4, 0.5) is 5.69 Å². The Balaban J connectivity index is 1.72. The van der Waals surface area contributed by atoms with Crippen LogP contribution in [-0.4, -0.2) is 15.7 Å². The molecule has 108 valence electrons. The fraction of sp³-hybridized carbons (Fsp3) is 0.267. The number of benzene rings is 1. The van der Waals surface area contributed by atoms with Gasteiger partial charge in [0.15, 0.2) is 0 Å². The molecule has 1 saturated carbocycles. The van der Waals surface area contributed by atoms with Gasteiger partial charge in [0.2, 0.25) is 5.91 Å². The number of nitrogens with one attached hydrogen (secondary N) is 1. The Bertz CT molecular complexity index is 738. The van der Waals surface area contributed by atoms with Crippen LogP contribution < -0.4 is 10.9 Å². The van der Waals surface area contributed by atoms with E-state index in [-0.39, 0.29) is 18.0 Å². The Morgan fingerprint density at radius 2 is 2.14 bits per heavy atom. The average Bonchev–Trinajstić information content (AvgIpc) is 3.25. The molecule has 0 radical (unpaired) electrons. The summed E-state index contributed by atoms with van der Waals surface area (Å²) in [6.45, 7) is -0.105. The second-order valence-corrected chi connectivity index (χ2v) is 5.52. The van der Waals surface area contributed by atoms with Gasteiger partial charge in [-0.15, -0.1) is 0 Å². The van der Waals surface area contributed by atoms with Gasteiger partial charge in [0.1, 0.15) is 6.54 Å². The van der Waals surface area contributed by atoms with Crippen molar-refractivity contribution in [2.45, 2.75) is 25.3 Å². The lowest BCUT2D eigenvalue weighted by Gasteiger charge is -2.08. The molecular weight excluding hydrogens is 290 g/mol. The Morgan fingerprint density at radius 1 is 1.33 bits per heavy atom. The van der Waals surface area contributed by atoms with E-state index in [1.807, 2.05) is 0 Å². The lowest BCUT2D eigenvalue weighted by molar-refractivity contribution is -0.117. The van der Waals surface area contributed by atoms with Gasteiger partial charge >= 0.3 is 0 Å². The third-order valence-electron chi connectivity index (χ3n) is 3.28. The van der Waals surface area contributed by atoms with Crippen LogP contribution in [0.1, 0.15) is 24.5 Å². The van der Waals surface area contributed by atoms with E-state index in [0.717, 1.165) is 18.5 Å². The molecule has 0 unspecified atom stereocenters. The van der Waals surface area contributed by atoms with E-state index in [4.69, 9.17) is 11.6 Å². The Labute approximate surface area is 126 Å². The van der Waals surface area contributed by atoms with Gasteiger partial charge in [0.25, 0.3) is 5.56 Å². The van der Waals surface area contributed by atoms with Crippen LogP contribution in [-0.2, 0) is 11.3 Å². The van der Waals surface area contributed by atoms with Crippen LogP contribution >= 0.6 is 11.6 Å². The number of nitrogens with zero attached hydrogens (tertiary/aromatic N) is 2. The molecule has 3 rings (SSSR count). The number of rotatable bonds is 4. The van der Waals surface area contributed by atoms with Crippen molar-refractivity contribution in [3.05, 3.63) is 57.5 Å². The smallest absolute Gasteiger partial charge is 0.267 e. The van der Waals surface area contributed by atoms with Gasteiger partial charge in [0, 0.05) is 22.7 Å². The lowest BCUT2D eigenvalue weighted by atomic mass is 10.3. The third-order valence-corrected chi connectivity index (χ3v) is 3.52. The Hall–Kier alpha value is -2.14. The van der Waals surface area contributed by atoms with Gasteiger partial charge in [-0.25, -0.2) is 4.68 Å². The highest BCUT2D eigenvalue weighted by Crippen LogP contribution is 2.38. The molecule has 1 N–H and O–H groups in total. The SMILES string of the molecule is O=C(Cn1nc(C2CC2)ccc1=O)Nc1cccc(Cl)c1. The first-order valence-corrected chi connectivity index (χ1v) is 7.13. The normalized spacial score (nSPS) is 14.0. The van der Waals surface area contributed by atoms with E-state index >= 15 is 0 Å². The van der Waals surface area contributed by atoms with E-state index in [1.54, 1.807) is 30.3 Å². The molecule has 1 heterocycles. The van der Waals surface area contributed by atoms with Crippen LogP contribution in [0.25, 0.3) is 0 Å². The molecule has 21 heavy (non-hydrogen) atoms. The van der Waals surface area contributed by atoms with Crippen molar-refractivity contribution < 1.29 is 4.79 Å². The highest BCUT2D eigenvalue weighted by molar-refractivity contribution is 6.30. The highest BCUT2D eigenvalue weighted by Gasteiger charge is 2.25. The molecule has 1 amide bonds. The number of hydrogen-bond donors (Lipinski definition) is 1. The van der Waals surface area contributed by atoms with Crippen molar-refractivity contribution in [3.8, 4) is 0 Å². The maximum Gasteiger partial charge on any atom is 0.267 e. The van der Waals surface area contributed by atoms with Crippen LogP contribution in [0.15, 0.2) is 41.2 Å². The first kappa shape index (κ1) is 13.8. The minimum atomic E-state index is -0.306. The van der Waals surface area contributed by atoms with E-state index in [1.165, 1.54) is 10.7 Å². The van der Waals surface area contributed by atoms with E-state index in [2.05, 4.69) is 10.4 Å². The molecule has 6 heteroatoms. The summed E-state index contributed by atoms with van der Waals surface area (Å²) in [5.74, 6) is 0.132. The zero-order valence-electron chi connectivity index (χ0n) is 11.3. The molecule has 1 aliphatic rings. The van der Waals surface area contributed by atoms with Crippen molar-refractivity contribution in [2.75, 3.05) is 5.32 Å². The molecule has 0 saturated heterocycles. The predicted octanol–water partition coefficient (Wildman–Crippen LogP) is 2.41. The van der Waals surface area contributed by atoms with E-state index in [0.29, 0.717) is 16.6 Å². The summed E-state index contributed by atoms with van der Waals surface area (Å²) in [6, 6.07) is 10.1. The molecule has 0 bridgehead atoms. The Kier molecular flexibility index (Phi) is 3.75.